The maximum atomic E-state index is 10.2. The van der Waals surface area contributed by atoms with Gasteiger partial charge in [-0.15, -0.1) is 0 Å². The molecule has 2 rings (SSSR count). The molecule has 1 fully saturated rings. The Balaban J connectivity index is 0.000000211. The van der Waals surface area contributed by atoms with Crippen LogP contribution in [0, 0.1) is 0 Å². The standard InChI is InChI=1S/C9H10Cl2.C8H15NO/c1-2-3-7-4-8(10)6-9(11)5-7;1-8(9-7-10)5-3-2-4-6-8/h4-6H,2-3H2,1H3;7H,2-6H2,1H3,(H,9,10). The van der Waals surface area contributed by atoms with Crippen LogP contribution in [0.2, 0.25) is 10.0 Å². The fraction of sp³-hybridized carbons (Fsp3) is 0.588. The molecule has 1 aliphatic carbocycles. The highest BCUT2D eigenvalue weighted by Crippen LogP contribution is 2.26. The minimum atomic E-state index is 0.111. The number of aryl methyl sites for hydroxylation is 1. The van der Waals surface area contributed by atoms with Crippen LogP contribution >= 0.6 is 23.2 Å². The molecule has 0 unspecified atom stereocenters. The zero-order valence-corrected chi connectivity index (χ0v) is 14.4. The van der Waals surface area contributed by atoms with Gasteiger partial charge >= 0.3 is 0 Å². The Morgan fingerprint density at radius 2 is 1.71 bits per heavy atom. The molecule has 1 N–H and O–H groups in total. The van der Waals surface area contributed by atoms with Crippen LogP contribution < -0.4 is 5.32 Å². The summed E-state index contributed by atoms with van der Waals surface area (Å²) in [6, 6.07) is 5.66. The first kappa shape index (κ1) is 18.3. The van der Waals surface area contributed by atoms with Gasteiger partial charge in [0, 0.05) is 15.6 Å². The molecule has 0 bridgehead atoms. The van der Waals surface area contributed by atoms with Crippen molar-refractivity contribution in [1.82, 2.24) is 5.32 Å². The van der Waals surface area contributed by atoms with E-state index in [1.807, 2.05) is 12.1 Å². The third kappa shape index (κ3) is 7.19. The molecule has 2 nitrogen and oxygen atoms in total. The van der Waals surface area contributed by atoms with Crippen molar-refractivity contribution in [2.24, 2.45) is 0 Å². The lowest BCUT2D eigenvalue weighted by Gasteiger charge is -2.32. The highest BCUT2D eigenvalue weighted by atomic mass is 35.5. The second-order valence-corrected chi connectivity index (χ2v) is 6.78. The first-order valence-electron chi connectivity index (χ1n) is 7.65. The van der Waals surface area contributed by atoms with E-state index in [4.69, 9.17) is 23.2 Å². The third-order valence-corrected chi connectivity index (χ3v) is 4.26. The molecule has 0 heterocycles. The molecule has 0 saturated heterocycles. The summed E-state index contributed by atoms with van der Waals surface area (Å²) in [5.41, 5.74) is 1.32. The number of hydrogen-bond donors (Lipinski definition) is 1. The van der Waals surface area contributed by atoms with Crippen molar-refractivity contribution < 1.29 is 4.79 Å². The molecule has 21 heavy (non-hydrogen) atoms. The van der Waals surface area contributed by atoms with Crippen molar-refractivity contribution in [2.45, 2.75) is 64.3 Å². The van der Waals surface area contributed by atoms with E-state index in [-0.39, 0.29) is 5.54 Å². The Hall–Kier alpha value is -0.730. The van der Waals surface area contributed by atoms with Crippen LogP contribution in [0.25, 0.3) is 0 Å². The Kier molecular flexibility index (Phi) is 8.13. The topological polar surface area (TPSA) is 29.1 Å². The molecule has 1 saturated carbocycles. The van der Waals surface area contributed by atoms with Crippen molar-refractivity contribution in [2.75, 3.05) is 0 Å². The lowest BCUT2D eigenvalue weighted by atomic mass is 9.84. The van der Waals surface area contributed by atoms with Crippen molar-refractivity contribution in [1.29, 1.82) is 0 Å². The monoisotopic (exact) mass is 329 g/mol. The summed E-state index contributed by atoms with van der Waals surface area (Å²) in [6.45, 7) is 4.26. The zero-order valence-electron chi connectivity index (χ0n) is 12.9. The van der Waals surface area contributed by atoms with Crippen LogP contribution in [0.1, 0.15) is 57.9 Å². The number of nitrogens with one attached hydrogen (secondary N) is 1. The van der Waals surface area contributed by atoms with Crippen LogP contribution in [0.5, 0.6) is 0 Å². The summed E-state index contributed by atoms with van der Waals surface area (Å²) in [7, 11) is 0. The van der Waals surface area contributed by atoms with Gasteiger partial charge in [-0.2, -0.15) is 0 Å². The molecule has 0 atom stereocenters. The highest BCUT2D eigenvalue weighted by Gasteiger charge is 2.25. The first-order valence-corrected chi connectivity index (χ1v) is 8.41. The van der Waals surface area contributed by atoms with Gasteiger partial charge in [-0.05, 0) is 49.9 Å². The number of benzene rings is 1. The summed E-state index contributed by atoms with van der Waals surface area (Å²) >= 11 is 11.6. The van der Waals surface area contributed by atoms with Gasteiger partial charge < -0.3 is 5.32 Å². The number of hydrogen-bond acceptors (Lipinski definition) is 1. The number of carbonyl (C=O) groups is 1. The minimum Gasteiger partial charge on any atom is -0.354 e. The average molecular weight is 330 g/mol. The van der Waals surface area contributed by atoms with Gasteiger partial charge in [0.15, 0.2) is 0 Å². The molecule has 1 aliphatic rings. The maximum absolute atomic E-state index is 10.2. The third-order valence-electron chi connectivity index (χ3n) is 3.83. The largest absolute Gasteiger partial charge is 0.354 e. The van der Waals surface area contributed by atoms with E-state index >= 15 is 0 Å². The SMILES string of the molecule is CC1(NC=O)CCCCC1.CCCc1cc(Cl)cc(Cl)c1. The normalized spacial score (nSPS) is 16.6. The van der Waals surface area contributed by atoms with Gasteiger partial charge in [0.2, 0.25) is 6.41 Å². The summed E-state index contributed by atoms with van der Waals surface area (Å²) in [5.74, 6) is 0. The van der Waals surface area contributed by atoms with Crippen LogP contribution in [0.3, 0.4) is 0 Å². The van der Waals surface area contributed by atoms with Crippen molar-refractivity contribution in [3.05, 3.63) is 33.8 Å². The molecule has 0 radical (unpaired) electrons. The molecule has 0 spiro atoms. The van der Waals surface area contributed by atoms with Gasteiger partial charge in [0.1, 0.15) is 0 Å². The van der Waals surface area contributed by atoms with E-state index in [2.05, 4.69) is 19.2 Å². The zero-order chi connectivity index (χ0) is 15.7. The van der Waals surface area contributed by atoms with E-state index in [0.717, 1.165) is 42.1 Å². The number of amides is 1. The van der Waals surface area contributed by atoms with E-state index < -0.39 is 0 Å². The molecule has 118 valence electrons. The lowest BCUT2D eigenvalue weighted by Crippen LogP contribution is -2.42. The Labute approximate surface area is 138 Å². The molecule has 0 aliphatic heterocycles. The van der Waals surface area contributed by atoms with Crippen LogP contribution in [-0.2, 0) is 11.2 Å². The van der Waals surface area contributed by atoms with Gasteiger partial charge in [-0.3, -0.25) is 4.79 Å². The summed E-state index contributed by atoms with van der Waals surface area (Å²) in [6.07, 6.45) is 9.13. The fourth-order valence-corrected chi connectivity index (χ4v) is 3.23. The molecule has 1 aromatic carbocycles. The van der Waals surface area contributed by atoms with Gasteiger partial charge in [0.25, 0.3) is 0 Å². The van der Waals surface area contributed by atoms with Crippen molar-refractivity contribution in [3.63, 3.8) is 0 Å². The van der Waals surface area contributed by atoms with Gasteiger partial charge in [0.05, 0.1) is 0 Å². The van der Waals surface area contributed by atoms with E-state index in [1.165, 1.54) is 24.8 Å². The quantitative estimate of drug-likeness (QED) is 0.736. The van der Waals surface area contributed by atoms with Gasteiger partial charge in [-0.25, -0.2) is 0 Å². The second kappa shape index (κ2) is 9.32. The summed E-state index contributed by atoms with van der Waals surface area (Å²) in [4.78, 5) is 10.2. The van der Waals surface area contributed by atoms with Crippen molar-refractivity contribution in [3.8, 4) is 0 Å². The predicted octanol–water partition coefficient (Wildman–Crippen LogP) is 5.40. The summed E-state index contributed by atoms with van der Waals surface area (Å²) < 4.78 is 0. The molecular weight excluding hydrogens is 305 g/mol. The lowest BCUT2D eigenvalue weighted by molar-refractivity contribution is -0.111. The van der Waals surface area contributed by atoms with Crippen LogP contribution in [0.4, 0.5) is 0 Å². The van der Waals surface area contributed by atoms with E-state index in [1.54, 1.807) is 6.07 Å². The molecule has 4 heteroatoms. The van der Waals surface area contributed by atoms with E-state index in [0.29, 0.717) is 0 Å². The maximum Gasteiger partial charge on any atom is 0.207 e. The number of halogens is 2. The second-order valence-electron chi connectivity index (χ2n) is 5.91. The van der Waals surface area contributed by atoms with Crippen LogP contribution in [0.15, 0.2) is 18.2 Å². The molecule has 1 aromatic rings. The molecule has 0 aromatic heterocycles. The van der Waals surface area contributed by atoms with E-state index in [9.17, 15) is 4.79 Å². The van der Waals surface area contributed by atoms with Gasteiger partial charge in [-0.1, -0.05) is 55.8 Å². The smallest absolute Gasteiger partial charge is 0.207 e. The average Bonchev–Trinajstić information content (AvgIpc) is 2.39. The Bertz CT molecular complexity index is 422. The Morgan fingerprint density at radius 1 is 1.14 bits per heavy atom. The minimum absolute atomic E-state index is 0.111. The Morgan fingerprint density at radius 3 is 2.19 bits per heavy atom. The molecule has 1 amide bonds. The predicted molar refractivity (Wildman–Crippen MR) is 91.1 cm³/mol. The fourth-order valence-electron chi connectivity index (χ4n) is 2.66. The first-order chi connectivity index (χ1) is 9.99. The number of rotatable bonds is 4. The number of carbonyl (C=O) groups excluding carboxylic acids is 1. The highest BCUT2D eigenvalue weighted by molar-refractivity contribution is 6.34. The van der Waals surface area contributed by atoms with Crippen molar-refractivity contribution >= 4 is 29.6 Å². The molecular formula is C17H25Cl2NO. The summed E-state index contributed by atoms with van der Waals surface area (Å²) in [5, 5.41) is 4.33. The van der Waals surface area contributed by atoms with Crippen LogP contribution in [-0.4, -0.2) is 11.9 Å².